The van der Waals surface area contributed by atoms with Crippen LogP contribution in [0.5, 0.6) is 11.5 Å². The number of ether oxygens (including phenoxy) is 3. The van der Waals surface area contributed by atoms with E-state index in [2.05, 4.69) is 22.8 Å². The summed E-state index contributed by atoms with van der Waals surface area (Å²) in [5.41, 5.74) is 4.10. The number of hydrogen-bond acceptors (Lipinski definition) is 4. The minimum absolute atomic E-state index is 0.237. The van der Waals surface area contributed by atoms with Crippen molar-refractivity contribution in [2.75, 3.05) is 13.4 Å². The van der Waals surface area contributed by atoms with Gasteiger partial charge in [0.2, 0.25) is 6.79 Å². The van der Waals surface area contributed by atoms with Crippen LogP contribution < -0.4 is 9.47 Å². The largest absolute Gasteiger partial charge is 0.454 e. The second-order valence-corrected chi connectivity index (χ2v) is 6.63. The topological polar surface area (TPSA) is 45.5 Å². The molecule has 0 aliphatic carbocycles. The van der Waals surface area contributed by atoms with Crippen LogP contribution in [-0.2, 0) is 11.3 Å². The lowest BCUT2D eigenvalue weighted by molar-refractivity contribution is 0.0973. The summed E-state index contributed by atoms with van der Waals surface area (Å²) < 4.78 is 19.4. The Labute approximate surface area is 152 Å². The van der Waals surface area contributed by atoms with Crippen LogP contribution in [-0.4, -0.2) is 29.1 Å². The molecule has 0 unspecified atom stereocenters. The molecule has 1 fully saturated rings. The number of nitrogens with zero attached hydrogens (tertiary/aromatic N) is 2. The van der Waals surface area contributed by atoms with E-state index in [4.69, 9.17) is 19.2 Å². The van der Waals surface area contributed by atoms with Crippen LogP contribution in [0.25, 0.3) is 22.5 Å². The Morgan fingerprint density at radius 2 is 1.96 bits per heavy atom. The lowest BCUT2D eigenvalue weighted by Crippen LogP contribution is -2.15. The molecule has 3 heterocycles. The zero-order valence-corrected chi connectivity index (χ0v) is 14.4. The molecule has 2 aromatic carbocycles. The van der Waals surface area contributed by atoms with E-state index in [1.807, 2.05) is 36.7 Å². The van der Waals surface area contributed by atoms with Gasteiger partial charge in [-0.25, -0.2) is 4.98 Å². The van der Waals surface area contributed by atoms with Crippen LogP contribution >= 0.6 is 0 Å². The van der Waals surface area contributed by atoms with Crippen molar-refractivity contribution in [2.24, 2.45) is 0 Å². The zero-order valence-electron chi connectivity index (χ0n) is 14.4. The van der Waals surface area contributed by atoms with Crippen LogP contribution in [0.15, 0.2) is 54.9 Å². The third-order valence-electron chi connectivity index (χ3n) is 4.96. The molecule has 5 heteroatoms. The zero-order chi connectivity index (χ0) is 17.3. The summed E-state index contributed by atoms with van der Waals surface area (Å²) in [6.07, 6.45) is 4.36. The molecule has 5 nitrogen and oxygen atoms in total. The van der Waals surface area contributed by atoms with Gasteiger partial charge in [-0.1, -0.05) is 36.4 Å². The number of rotatable bonds is 4. The first-order valence-electron chi connectivity index (χ1n) is 9.01. The molecular weight excluding hydrogens is 328 g/mol. The molecule has 0 N–H and O–H groups in total. The van der Waals surface area contributed by atoms with E-state index >= 15 is 0 Å². The fraction of sp³-hybridized carbons (Fsp3) is 0.286. The first-order valence-corrected chi connectivity index (χ1v) is 9.01. The van der Waals surface area contributed by atoms with Crippen molar-refractivity contribution in [3.63, 3.8) is 0 Å². The standard InChI is InChI=1S/C21H20N2O3/c1-2-6-15(7-3-1)19-20(17-9-4-10-18-21(17)26-14-25-18)23(13-22-19)12-16-8-5-11-24-16/h1-4,6-7,9-10,13,16H,5,8,11-12,14H2/t16-/m0/s1. The van der Waals surface area contributed by atoms with Gasteiger partial charge in [0.25, 0.3) is 0 Å². The Morgan fingerprint density at radius 1 is 1.04 bits per heavy atom. The Kier molecular flexibility index (Phi) is 3.87. The minimum Gasteiger partial charge on any atom is -0.454 e. The molecule has 1 saturated heterocycles. The third kappa shape index (κ3) is 2.65. The molecule has 132 valence electrons. The van der Waals surface area contributed by atoms with Gasteiger partial charge in [0, 0.05) is 17.7 Å². The third-order valence-corrected chi connectivity index (χ3v) is 4.96. The number of para-hydroxylation sites is 1. The van der Waals surface area contributed by atoms with Gasteiger partial charge in [0.05, 0.1) is 30.4 Å². The Hall–Kier alpha value is -2.79. The van der Waals surface area contributed by atoms with Gasteiger partial charge in [-0.2, -0.15) is 0 Å². The number of aromatic nitrogens is 2. The number of benzene rings is 2. The summed E-state index contributed by atoms with van der Waals surface area (Å²) in [7, 11) is 0. The molecule has 0 radical (unpaired) electrons. The summed E-state index contributed by atoms with van der Waals surface area (Å²) in [4.78, 5) is 4.74. The smallest absolute Gasteiger partial charge is 0.231 e. The van der Waals surface area contributed by atoms with E-state index < -0.39 is 0 Å². The Bertz CT molecular complexity index is 914. The molecule has 1 aromatic heterocycles. The first kappa shape index (κ1) is 15.5. The maximum atomic E-state index is 5.85. The van der Waals surface area contributed by atoms with Gasteiger partial charge in [0.1, 0.15) is 0 Å². The average Bonchev–Trinajstić information content (AvgIpc) is 3.43. The lowest BCUT2D eigenvalue weighted by atomic mass is 10.0. The minimum atomic E-state index is 0.237. The fourth-order valence-corrected chi connectivity index (χ4v) is 3.73. The molecule has 0 spiro atoms. The summed E-state index contributed by atoms with van der Waals surface area (Å²) in [6.45, 7) is 1.89. The summed E-state index contributed by atoms with van der Waals surface area (Å²) in [5, 5.41) is 0. The molecule has 0 saturated carbocycles. The highest BCUT2D eigenvalue weighted by Gasteiger charge is 2.26. The predicted octanol–water partition coefficient (Wildman–Crippen LogP) is 4.12. The van der Waals surface area contributed by atoms with Crippen molar-refractivity contribution in [3.05, 3.63) is 54.9 Å². The molecular formula is C21H20N2O3. The SMILES string of the molecule is c1ccc(-c2ncn(C[C@@H]3CCCO3)c2-c2cccc3c2OCO3)cc1. The van der Waals surface area contributed by atoms with Crippen LogP contribution in [0.1, 0.15) is 12.8 Å². The monoisotopic (exact) mass is 348 g/mol. The highest BCUT2D eigenvalue weighted by molar-refractivity contribution is 5.83. The summed E-state index contributed by atoms with van der Waals surface area (Å²) in [6, 6.07) is 16.3. The van der Waals surface area contributed by atoms with E-state index in [9.17, 15) is 0 Å². The number of imidazole rings is 1. The van der Waals surface area contributed by atoms with Gasteiger partial charge >= 0.3 is 0 Å². The van der Waals surface area contributed by atoms with Crippen LogP contribution in [0, 0.1) is 0 Å². The second-order valence-electron chi connectivity index (χ2n) is 6.63. The molecule has 2 aliphatic rings. The van der Waals surface area contributed by atoms with E-state index in [1.165, 1.54) is 0 Å². The highest BCUT2D eigenvalue weighted by Crippen LogP contribution is 2.44. The van der Waals surface area contributed by atoms with E-state index in [1.54, 1.807) is 0 Å². The molecule has 0 bridgehead atoms. The average molecular weight is 348 g/mol. The maximum absolute atomic E-state index is 5.85. The molecule has 2 aliphatic heterocycles. The van der Waals surface area contributed by atoms with E-state index in [0.717, 1.165) is 60.0 Å². The summed E-state index contributed by atoms with van der Waals surface area (Å²) in [5.74, 6) is 1.57. The fourth-order valence-electron chi connectivity index (χ4n) is 3.73. The van der Waals surface area contributed by atoms with Crippen LogP contribution in [0.3, 0.4) is 0 Å². The molecule has 0 amide bonds. The van der Waals surface area contributed by atoms with Crippen molar-refractivity contribution in [2.45, 2.75) is 25.5 Å². The van der Waals surface area contributed by atoms with Gasteiger partial charge in [0.15, 0.2) is 11.5 Å². The summed E-state index contributed by atoms with van der Waals surface area (Å²) >= 11 is 0. The van der Waals surface area contributed by atoms with Crippen molar-refractivity contribution >= 4 is 0 Å². The highest BCUT2D eigenvalue weighted by atomic mass is 16.7. The number of hydrogen-bond donors (Lipinski definition) is 0. The quantitative estimate of drug-likeness (QED) is 0.711. The lowest BCUT2D eigenvalue weighted by Gasteiger charge is -2.15. The van der Waals surface area contributed by atoms with Gasteiger partial charge in [-0.15, -0.1) is 0 Å². The Morgan fingerprint density at radius 3 is 2.81 bits per heavy atom. The maximum Gasteiger partial charge on any atom is 0.231 e. The van der Waals surface area contributed by atoms with Crippen molar-refractivity contribution < 1.29 is 14.2 Å². The van der Waals surface area contributed by atoms with Gasteiger partial charge < -0.3 is 18.8 Å². The molecule has 26 heavy (non-hydrogen) atoms. The van der Waals surface area contributed by atoms with Gasteiger partial charge in [-0.05, 0) is 25.0 Å². The van der Waals surface area contributed by atoms with Crippen LogP contribution in [0.4, 0.5) is 0 Å². The van der Waals surface area contributed by atoms with E-state index in [0.29, 0.717) is 0 Å². The molecule has 1 atom stereocenters. The van der Waals surface area contributed by atoms with Crippen molar-refractivity contribution in [3.8, 4) is 34.0 Å². The normalized spacial score (nSPS) is 18.4. The first-order chi connectivity index (χ1) is 12.9. The molecule has 5 rings (SSSR count). The Balaban J connectivity index is 1.66. The van der Waals surface area contributed by atoms with E-state index in [-0.39, 0.29) is 12.9 Å². The second kappa shape index (κ2) is 6.50. The number of fused-ring (bicyclic) bond motifs is 1. The molecule has 3 aromatic rings. The van der Waals surface area contributed by atoms with Gasteiger partial charge in [-0.3, -0.25) is 0 Å². The van der Waals surface area contributed by atoms with Crippen molar-refractivity contribution in [1.82, 2.24) is 9.55 Å². The van der Waals surface area contributed by atoms with Crippen molar-refractivity contribution in [1.29, 1.82) is 0 Å². The predicted molar refractivity (Wildman–Crippen MR) is 98.2 cm³/mol. The van der Waals surface area contributed by atoms with Crippen LogP contribution in [0.2, 0.25) is 0 Å².